The summed E-state index contributed by atoms with van der Waals surface area (Å²) in [5.41, 5.74) is 0.226. The SMILES string of the molecule is COC(=O)CC(=O)c1cc(OC)c(Cl)cc1OC. The van der Waals surface area contributed by atoms with Gasteiger partial charge in [-0.15, -0.1) is 0 Å². The summed E-state index contributed by atoms with van der Waals surface area (Å²) in [5, 5.41) is 0.323. The van der Waals surface area contributed by atoms with Crippen molar-refractivity contribution >= 4 is 23.4 Å². The highest BCUT2D eigenvalue weighted by molar-refractivity contribution is 6.32. The molecule has 0 saturated carbocycles. The molecule has 0 atom stereocenters. The first-order valence-corrected chi connectivity index (χ1v) is 5.42. The topological polar surface area (TPSA) is 61.8 Å². The average Bonchev–Trinajstić information content (AvgIpc) is 2.37. The van der Waals surface area contributed by atoms with E-state index in [1.165, 1.54) is 33.5 Å². The van der Waals surface area contributed by atoms with E-state index in [4.69, 9.17) is 21.1 Å². The predicted octanol–water partition coefficient (Wildman–Crippen LogP) is 2.10. The molecule has 0 aliphatic rings. The van der Waals surface area contributed by atoms with Crippen LogP contribution < -0.4 is 9.47 Å². The summed E-state index contributed by atoms with van der Waals surface area (Å²) in [7, 11) is 4.06. The third-order valence-electron chi connectivity index (χ3n) is 2.31. The largest absolute Gasteiger partial charge is 0.496 e. The van der Waals surface area contributed by atoms with E-state index in [9.17, 15) is 9.59 Å². The summed E-state index contributed by atoms with van der Waals surface area (Å²) in [6.45, 7) is 0. The van der Waals surface area contributed by atoms with Crippen molar-refractivity contribution in [2.75, 3.05) is 21.3 Å². The van der Waals surface area contributed by atoms with Gasteiger partial charge in [-0.05, 0) is 6.07 Å². The van der Waals surface area contributed by atoms with Crippen molar-refractivity contribution < 1.29 is 23.8 Å². The van der Waals surface area contributed by atoms with E-state index in [1.807, 2.05) is 0 Å². The number of carbonyl (C=O) groups is 2. The van der Waals surface area contributed by atoms with Gasteiger partial charge in [0.15, 0.2) is 5.78 Å². The summed E-state index contributed by atoms with van der Waals surface area (Å²) in [6.07, 6.45) is -0.363. The quantitative estimate of drug-likeness (QED) is 0.467. The molecule has 1 rings (SSSR count). The van der Waals surface area contributed by atoms with E-state index in [-0.39, 0.29) is 17.7 Å². The van der Waals surface area contributed by atoms with Crippen LogP contribution in [0.3, 0.4) is 0 Å². The highest BCUT2D eigenvalue weighted by Gasteiger charge is 2.19. The molecule has 0 amide bonds. The fraction of sp³-hybridized carbons (Fsp3) is 0.333. The van der Waals surface area contributed by atoms with E-state index in [0.717, 1.165) is 0 Å². The third-order valence-corrected chi connectivity index (χ3v) is 2.60. The molecule has 0 fully saturated rings. The average molecular weight is 273 g/mol. The number of ether oxygens (including phenoxy) is 3. The van der Waals surface area contributed by atoms with E-state index < -0.39 is 11.8 Å². The minimum atomic E-state index is -0.615. The second kappa shape index (κ2) is 6.26. The van der Waals surface area contributed by atoms with Crippen molar-refractivity contribution in [2.24, 2.45) is 0 Å². The maximum atomic E-state index is 11.9. The maximum Gasteiger partial charge on any atom is 0.313 e. The molecule has 0 heterocycles. The van der Waals surface area contributed by atoms with Gasteiger partial charge in [0, 0.05) is 6.07 Å². The molecular formula is C12H13ClO5. The van der Waals surface area contributed by atoms with E-state index in [2.05, 4.69) is 4.74 Å². The zero-order valence-corrected chi connectivity index (χ0v) is 11.0. The van der Waals surface area contributed by atoms with Crippen molar-refractivity contribution in [3.63, 3.8) is 0 Å². The van der Waals surface area contributed by atoms with Crippen LogP contribution in [-0.4, -0.2) is 33.1 Å². The minimum absolute atomic E-state index is 0.226. The number of rotatable bonds is 5. The molecule has 5 nitrogen and oxygen atoms in total. The van der Waals surface area contributed by atoms with Crippen LogP contribution in [0.5, 0.6) is 11.5 Å². The van der Waals surface area contributed by atoms with Crippen molar-refractivity contribution in [3.8, 4) is 11.5 Å². The number of methoxy groups -OCH3 is 3. The molecule has 0 aliphatic heterocycles. The van der Waals surface area contributed by atoms with E-state index in [1.54, 1.807) is 0 Å². The van der Waals surface area contributed by atoms with Gasteiger partial charge in [0.25, 0.3) is 0 Å². The van der Waals surface area contributed by atoms with Crippen LogP contribution in [0.25, 0.3) is 0 Å². The van der Waals surface area contributed by atoms with Gasteiger partial charge in [-0.1, -0.05) is 11.6 Å². The van der Waals surface area contributed by atoms with Gasteiger partial charge < -0.3 is 14.2 Å². The number of benzene rings is 1. The Morgan fingerprint density at radius 2 is 1.72 bits per heavy atom. The number of hydrogen-bond acceptors (Lipinski definition) is 5. The van der Waals surface area contributed by atoms with Crippen LogP contribution in [0.2, 0.25) is 5.02 Å². The Balaban J connectivity index is 3.13. The van der Waals surface area contributed by atoms with Crippen LogP contribution >= 0.6 is 11.6 Å². The fourth-order valence-corrected chi connectivity index (χ4v) is 1.61. The highest BCUT2D eigenvalue weighted by atomic mass is 35.5. The zero-order valence-electron chi connectivity index (χ0n) is 10.3. The lowest BCUT2D eigenvalue weighted by Crippen LogP contribution is -2.11. The van der Waals surface area contributed by atoms with Gasteiger partial charge in [0.05, 0.1) is 31.9 Å². The molecule has 0 unspecified atom stereocenters. The molecule has 0 radical (unpaired) electrons. The van der Waals surface area contributed by atoms with Gasteiger partial charge in [-0.2, -0.15) is 0 Å². The first-order chi connectivity index (χ1) is 8.53. The molecule has 18 heavy (non-hydrogen) atoms. The molecule has 1 aromatic carbocycles. The van der Waals surface area contributed by atoms with Crippen LogP contribution in [0.1, 0.15) is 16.8 Å². The third kappa shape index (κ3) is 3.13. The lowest BCUT2D eigenvalue weighted by atomic mass is 10.1. The monoisotopic (exact) mass is 272 g/mol. The highest BCUT2D eigenvalue weighted by Crippen LogP contribution is 2.33. The summed E-state index contributed by atoms with van der Waals surface area (Å²) in [4.78, 5) is 23.0. The van der Waals surface area contributed by atoms with Crippen molar-refractivity contribution in [3.05, 3.63) is 22.7 Å². The lowest BCUT2D eigenvalue weighted by molar-refractivity contribution is -0.139. The second-order valence-corrected chi connectivity index (χ2v) is 3.77. The van der Waals surface area contributed by atoms with Crippen LogP contribution in [0.4, 0.5) is 0 Å². The smallest absolute Gasteiger partial charge is 0.313 e. The summed E-state index contributed by atoms with van der Waals surface area (Å²) >= 11 is 5.91. The van der Waals surface area contributed by atoms with E-state index >= 15 is 0 Å². The van der Waals surface area contributed by atoms with Crippen molar-refractivity contribution in [2.45, 2.75) is 6.42 Å². The second-order valence-electron chi connectivity index (χ2n) is 3.36. The molecule has 1 aromatic rings. The molecule has 0 saturated heterocycles. The first kappa shape index (κ1) is 14.3. The Hall–Kier alpha value is -1.75. The van der Waals surface area contributed by atoms with Crippen LogP contribution in [-0.2, 0) is 9.53 Å². The predicted molar refractivity (Wildman–Crippen MR) is 65.5 cm³/mol. The number of ketones is 1. The molecular weight excluding hydrogens is 260 g/mol. The number of esters is 1. The summed E-state index contributed by atoms with van der Waals surface area (Å²) in [5.74, 6) is -0.412. The van der Waals surface area contributed by atoms with Gasteiger partial charge in [-0.25, -0.2) is 0 Å². The molecule has 0 N–H and O–H groups in total. The van der Waals surface area contributed by atoms with Gasteiger partial charge in [-0.3, -0.25) is 9.59 Å². The number of hydrogen-bond donors (Lipinski definition) is 0. The van der Waals surface area contributed by atoms with Crippen molar-refractivity contribution in [1.29, 1.82) is 0 Å². The molecule has 0 bridgehead atoms. The molecule has 6 heteroatoms. The molecule has 98 valence electrons. The maximum absolute atomic E-state index is 11.9. The van der Waals surface area contributed by atoms with Crippen LogP contribution in [0.15, 0.2) is 12.1 Å². The van der Waals surface area contributed by atoms with Gasteiger partial charge in [0.1, 0.15) is 17.9 Å². The summed E-state index contributed by atoms with van der Waals surface area (Å²) in [6, 6.07) is 2.90. The Labute approximate surface area is 110 Å². The summed E-state index contributed by atoms with van der Waals surface area (Å²) < 4.78 is 14.5. The normalized spacial score (nSPS) is 9.78. The number of Topliss-reactive ketones (excluding diaryl/α,β-unsaturated/α-hetero) is 1. The number of halogens is 1. The van der Waals surface area contributed by atoms with Gasteiger partial charge >= 0.3 is 5.97 Å². The Bertz CT molecular complexity index is 470. The molecule has 0 spiro atoms. The van der Waals surface area contributed by atoms with Gasteiger partial charge in [0.2, 0.25) is 0 Å². The first-order valence-electron chi connectivity index (χ1n) is 5.05. The van der Waals surface area contributed by atoms with E-state index in [0.29, 0.717) is 10.8 Å². The molecule has 0 aliphatic carbocycles. The Morgan fingerprint density at radius 1 is 1.11 bits per heavy atom. The minimum Gasteiger partial charge on any atom is -0.496 e. The Kier molecular flexibility index (Phi) is 4.97. The fourth-order valence-electron chi connectivity index (χ4n) is 1.38. The zero-order chi connectivity index (χ0) is 13.7. The standard InChI is InChI=1S/C12H13ClO5/c1-16-10-5-8(13)11(17-2)4-7(10)9(14)6-12(15)18-3/h4-5H,6H2,1-3H3. The van der Waals surface area contributed by atoms with Crippen LogP contribution in [0, 0.1) is 0 Å². The van der Waals surface area contributed by atoms with Crippen molar-refractivity contribution in [1.82, 2.24) is 0 Å². The Morgan fingerprint density at radius 3 is 2.22 bits per heavy atom. The number of carbonyl (C=O) groups excluding carboxylic acids is 2. The molecule has 0 aromatic heterocycles. The lowest BCUT2D eigenvalue weighted by Gasteiger charge is -2.10.